The fraction of sp³-hybridized carbons (Fsp3) is 0.0435. The third-order valence-corrected chi connectivity index (χ3v) is 3.98. The molecular formula is C23H22ClN. The Labute approximate surface area is 155 Å². The Hall–Kier alpha value is -2.77. The SMILES string of the molecule is C=Cc1cc(C(=C)c2ccc(NC(=C)/C=C\C(=C)Cl)cc2)ccc1C. The number of anilines is 1. The standard InChI is InChI=1S/C23H22ClN/c1-6-20-15-22(10-7-16(20)2)19(5)21-11-13-23(14-12-21)25-18(4)9-8-17(3)24/h6-15,25H,1,3-5H2,2H3/b9-8-. The Morgan fingerprint density at radius 1 is 0.960 bits per heavy atom. The van der Waals surface area contributed by atoms with Gasteiger partial charge in [0.05, 0.1) is 0 Å². The second-order valence-corrected chi connectivity index (χ2v) is 6.25. The maximum atomic E-state index is 5.70. The van der Waals surface area contributed by atoms with Crippen molar-refractivity contribution in [2.75, 3.05) is 5.32 Å². The Morgan fingerprint density at radius 3 is 2.20 bits per heavy atom. The molecule has 0 fully saturated rings. The molecule has 0 saturated heterocycles. The van der Waals surface area contributed by atoms with Gasteiger partial charge in [-0.05, 0) is 65.1 Å². The second-order valence-electron chi connectivity index (χ2n) is 5.76. The molecule has 0 radical (unpaired) electrons. The van der Waals surface area contributed by atoms with Gasteiger partial charge in [0.2, 0.25) is 0 Å². The number of hydrogen-bond acceptors (Lipinski definition) is 1. The van der Waals surface area contributed by atoms with Crippen molar-refractivity contribution >= 4 is 28.9 Å². The van der Waals surface area contributed by atoms with Gasteiger partial charge in [-0.3, -0.25) is 0 Å². The average molecular weight is 348 g/mol. The first-order chi connectivity index (χ1) is 11.9. The van der Waals surface area contributed by atoms with Gasteiger partial charge in [0.25, 0.3) is 0 Å². The number of benzene rings is 2. The zero-order chi connectivity index (χ0) is 18.4. The molecule has 0 amide bonds. The Bertz CT molecular complexity index is 854. The van der Waals surface area contributed by atoms with Gasteiger partial charge in [0.15, 0.2) is 0 Å². The summed E-state index contributed by atoms with van der Waals surface area (Å²) in [5.74, 6) is 0. The predicted molar refractivity (Wildman–Crippen MR) is 113 cm³/mol. The van der Waals surface area contributed by atoms with Crippen molar-refractivity contribution in [2.24, 2.45) is 0 Å². The van der Waals surface area contributed by atoms with Crippen LogP contribution < -0.4 is 5.32 Å². The lowest BCUT2D eigenvalue weighted by atomic mass is 9.96. The summed E-state index contributed by atoms with van der Waals surface area (Å²) in [5, 5.41) is 3.67. The molecule has 0 aliphatic heterocycles. The molecule has 2 aromatic rings. The van der Waals surface area contributed by atoms with Crippen molar-refractivity contribution in [1.29, 1.82) is 0 Å². The molecule has 0 saturated carbocycles. The zero-order valence-electron chi connectivity index (χ0n) is 14.5. The van der Waals surface area contributed by atoms with Gasteiger partial charge < -0.3 is 5.32 Å². The van der Waals surface area contributed by atoms with Crippen LogP contribution >= 0.6 is 11.6 Å². The van der Waals surface area contributed by atoms with Crippen LogP contribution in [0, 0.1) is 6.92 Å². The third kappa shape index (κ3) is 5.10. The summed E-state index contributed by atoms with van der Waals surface area (Å²) in [4.78, 5) is 0. The largest absolute Gasteiger partial charge is 0.356 e. The monoisotopic (exact) mass is 347 g/mol. The van der Waals surface area contributed by atoms with E-state index in [1.165, 1.54) is 5.56 Å². The summed E-state index contributed by atoms with van der Waals surface area (Å²) >= 11 is 5.70. The van der Waals surface area contributed by atoms with Crippen LogP contribution in [-0.4, -0.2) is 0 Å². The zero-order valence-corrected chi connectivity index (χ0v) is 15.2. The first-order valence-corrected chi connectivity index (χ1v) is 8.29. The molecule has 0 unspecified atom stereocenters. The molecule has 0 aliphatic rings. The van der Waals surface area contributed by atoms with Crippen molar-refractivity contribution in [3.63, 3.8) is 0 Å². The topological polar surface area (TPSA) is 12.0 Å². The van der Waals surface area contributed by atoms with Crippen LogP contribution in [0.3, 0.4) is 0 Å². The number of aryl methyl sites for hydroxylation is 1. The number of halogens is 1. The lowest BCUT2D eigenvalue weighted by Crippen LogP contribution is -1.95. The summed E-state index contributed by atoms with van der Waals surface area (Å²) < 4.78 is 0. The maximum absolute atomic E-state index is 5.70. The summed E-state index contributed by atoms with van der Waals surface area (Å²) in [7, 11) is 0. The highest BCUT2D eigenvalue weighted by Crippen LogP contribution is 2.25. The summed E-state index contributed by atoms with van der Waals surface area (Å²) in [6, 6.07) is 14.4. The first kappa shape index (κ1) is 18.6. The molecule has 0 aromatic heterocycles. The minimum Gasteiger partial charge on any atom is -0.356 e. The molecule has 0 aliphatic carbocycles. The van der Waals surface area contributed by atoms with Gasteiger partial charge in [-0.2, -0.15) is 0 Å². The van der Waals surface area contributed by atoms with Gasteiger partial charge in [-0.1, -0.05) is 68.3 Å². The van der Waals surface area contributed by atoms with Crippen LogP contribution in [0.2, 0.25) is 0 Å². The molecule has 25 heavy (non-hydrogen) atoms. The highest BCUT2D eigenvalue weighted by Gasteiger charge is 2.05. The van der Waals surface area contributed by atoms with E-state index in [1.54, 1.807) is 12.2 Å². The van der Waals surface area contributed by atoms with E-state index >= 15 is 0 Å². The van der Waals surface area contributed by atoms with Gasteiger partial charge in [0.1, 0.15) is 0 Å². The number of rotatable bonds is 7. The van der Waals surface area contributed by atoms with Gasteiger partial charge in [0, 0.05) is 16.4 Å². The molecule has 0 spiro atoms. The molecule has 1 N–H and O–H groups in total. The Kier molecular flexibility index (Phi) is 6.21. The second kappa shape index (κ2) is 8.36. The first-order valence-electron chi connectivity index (χ1n) is 7.92. The highest BCUT2D eigenvalue weighted by atomic mass is 35.5. The number of nitrogens with one attached hydrogen (secondary N) is 1. The normalized spacial score (nSPS) is 10.5. The van der Waals surface area contributed by atoms with Crippen LogP contribution in [0.15, 0.2) is 91.7 Å². The molecule has 2 aromatic carbocycles. The number of allylic oxidation sites excluding steroid dienone is 3. The van der Waals surface area contributed by atoms with Crippen molar-refractivity contribution in [3.8, 4) is 0 Å². The van der Waals surface area contributed by atoms with Crippen molar-refractivity contribution in [3.05, 3.63) is 114 Å². The number of hydrogen-bond donors (Lipinski definition) is 1. The fourth-order valence-electron chi connectivity index (χ4n) is 2.39. The van der Waals surface area contributed by atoms with Crippen molar-refractivity contribution in [1.82, 2.24) is 0 Å². The van der Waals surface area contributed by atoms with E-state index in [4.69, 9.17) is 11.6 Å². The quantitative estimate of drug-likeness (QED) is 0.535. The Morgan fingerprint density at radius 2 is 1.60 bits per heavy atom. The fourth-order valence-corrected chi connectivity index (χ4v) is 2.45. The molecule has 0 heterocycles. The van der Waals surface area contributed by atoms with Gasteiger partial charge >= 0.3 is 0 Å². The van der Waals surface area contributed by atoms with Gasteiger partial charge in [-0.25, -0.2) is 0 Å². The van der Waals surface area contributed by atoms with E-state index in [9.17, 15) is 0 Å². The minimum atomic E-state index is 0.464. The smallest absolute Gasteiger partial charge is 0.0384 e. The lowest BCUT2D eigenvalue weighted by Gasteiger charge is -2.11. The predicted octanol–water partition coefficient (Wildman–Crippen LogP) is 6.93. The van der Waals surface area contributed by atoms with E-state index in [-0.39, 0.29) is 0 Å². The molecule has 0 atom stereocenters. The van der Waals surface area contributed by atoms with Crippen molar-refractivity contribution < 1.29 is 0 Å². The molecular weight excluding hydrogens is 326 g/mol. The summed E-state index contributed by atoms with van der Waals surface area (Å²) in [6.07, 6.45) is 5.35. The van der Waals surface area contributed by atoms with Crippen LogP contribution in [-0.2, 0) is 0 Å². The molecule has 2 heteroatoms. The van der Waals surface area contributed by atoms with E-state index in [1.807, 2.05) is 30.3 Å². The summed E-state index contributed by atoms with van der Waals surface area (Å²) in [6.45, 7) is 17.7. The van der Waals surface area contributed by atoms with E-state index in [2.05, 4.69) is 56.8 Å². The lowest BCUT2D eigenvalue weighted by molar-refractivity contribution is 1.42. The third-order valence-electron chi connectivity index (χ3n) is 3.85. The van der Waals surface area contributed by atoms with Crippen LogP contribution in [0.5, 0.6) is 0 Å². The molecule has 0 bridgehead atoms. The summed E-state index contributed by atoms with van der Waals surface area (Å²) in [5.41, 5.74) is 7.16. The van der Waals surface area contributed by atoms with Crippen LogP contribution in [0.4, 0.5) is 5.69 Å². The minimum absolute atomic E-state index is 0.464. The van der Waals surface area contributed by atoms with Crippen LogP contribution in [0.1, 0.15) is 22.3 Å². The van der Waals surface area contributed by atoms with Crippen LogP contribution in [0.25, 0.3) is 11.6 Å². The molecule has 126 valence electrons. The Balaban J connectivity index is 2.14. The highest BCUT2D eigenvalue weighted by molar-refractivity contribution is 6.30. The average Bonchev–Trinajstić information content (AvgIpc) is 2.60. The molecule has 2 rings (SSSR count). The maximum Gasteiger partial charge on any atom is 0.0384 e. The van der Waals surface area contributed by atoms with E-state index < -0.39 is 0 Å². The van der Waals surface area contributed by atoms with Crippen molar-refractivity contribution in [2.45, 2.75) is 6.92 Å². The van der Waals surface area contributed by atoms with Gasteiger partial charge in [-0.15, -0.1) is 0 Å². The van der Waals surface area contributed by atoms with E-state index in [0.717, 1.165) is 33.6 Å². The molecule has 1 nitrogen and oxygen atoms in total. The van der Waals surface area contributed by atoms with E-state index in [0.29, 0.717) is 5.03 Å².